The van der Waals surface area contributed by atoms with E-state index >= 15 is 0 Å². The molecule has 0 unspecified atom stereocenters. The number of hydrogen-bond donors (Lipinski definition) is 3. The van der Waals surface area contributed by atoms with Gasteiger partial charge < -0.3 is 0 Å². The van der Waals surface area contributed by atoms with E-state index in [2.05, 4.69) is 5.32 Å². The Labute approximate surface area is 112 Å². The summed E-state index contributed by atoms with van der Waals surface area (Å²) >= 11 is -4.78. The van der Waals surface area contributed by atoms with E-state index < -0.39 is 14.2 Å². The first-order valence-electron chi connectivity index (χ1n) is 3.83. The normalized spacial score (nSPS) is 10.3. The zero-order valence-corrected chi connectivity index (χ0v) is 12.3. The molecule has 1 aromatic rings. The molecule has 0 radical (unpaired) electrons. The molecule has 0 saturated carbocycles. The van der Waals surface area contributed by atoms with Gasteiger partial charge in [-0.05, 0) is 0 Å². The molecule has 0 bridgehead atoms. The number of amides is 1. The van der Waals surface area contributed by atoms with Crippen LogP contribution in [0.2, 0.25) is 0 Å². The molecule has 76 valence electrons. The molecule has 1 rings (SSSR count). The standard InChI is InChI=1S/C8H10AsNO4.Na/c1-6(11)10-8-4-2-7(3-5-8)9(12,13)14;/h2-5H,1H3,(H,10,11)(H2,12,13,14);/q;+1. The van der Waals surface area contributed by atoms with Gasteiger partial charge in [0.15, 0.2) is 0 Å². The predicted octanol–water partition coefficient (Wildman–Crippen LogP) is -3.79. The molecule has 0 fully saturated rings. The topological polar surface area (TPSA) is 86.6 Å². The fourth-order valence-electron chi connectivity index (χ4n) is 0.942. The number of benzene rings is 1. The van der Waals surface area contributed by atoms with E-state index in [0.717, 1.165) is 0 Å². The van der Waals surface area contributed by atoms with Gasteiger partial charge in [0.2, 0.25) is 0 Å². The maximum absolute atomic E-state index is 10.8. The van der Waals surface area contributed by atoms with Crippen molar-refractivity contribution >= 4 is 30.1 Å². The fourth-order valence-corrected chi connectivity index (χ4v) is 2.07. The Bertz CT molecular complexity index is 386. The first-order valence-corrected chi connectivity index (χ1v) is 7.21. The maximum Gasteiger partial charge on any atom is 1.00 e. The van der Waals surface area contributed by atoms with Crippen molar-refractivity contribution in [1.29, 1.82) is 0 Å². The Morgan fingerprint density at radius 3 is 2.07 bits per heavy atom. The third kappa shape index (κ3) is 5.02. The Morgan fingerprint density at radius 1 is 1.27 bits per heavy atom. The van der Waals surface area contributed by atoms with Crippen LogP contribution in [0.3, 0.4) is 0 Å². The van der Waals surface area contributed by atoms with E-state index in [4.69, 9.17) is 8.19 Å². The molecule has 7 heteroatoms. The zero-order chi connectivity index (χ0) is 10.8. The second kappa shape index (κ2) is 5.89. The summed E-state index contributed by atoms with van der Waals surface area (Å²) in [5.41, 5.74) is 0.519. The molecule has 15 heavy (non-hydrogen) atoms. The van der Waals surface area contributed by atoms with Crippen molar-refractivity contribution in [2.24, 2.45) is 0 Å². The number of hydrogen-bond acceptors (Lipinski definition) is 2. The number of carbonyl (C=O) groups is 1. The Kier molecular flexibility index (Phi) is 5.88. The van der Waals surface area contributed by atoms with Crippen LogP contribution < -0.4 is 39.2 Å². The number of carbonyl (C=O) groups excluding carboxylic acids is 1. The van der Waals surface area contributed by atoms with Crippen molar-refractivity contribution in [3.05, 3.63) is 24.3 Å². The van der Waals surface area contributed by atoms with E-state index in [0.29, 0.717) is 5.69 Å². The monoisotopic (exact) mass is 282 g/mol. The van der Waals surface area contributed by atoms with Crippen molar-refractivity contribution < 1.29 is 46.3 Å². The molecule has 0 aliphatic heterocycles. The quantitative estimate of drug-likeness (QED) is 0.486. The van der Waals surface area contributed by atoms with Gasteiger partial charge in [-0.1, -0.05) is 0 Å². The number of nitrogens with one attached hydrogen (secondary N) is 1. The molecule has 0 aliphatic rings. The summed E-state index contributed by atoms with van der Waals surface area (Å²) in [5, 5.41) is 2.50. The third-order valence-corrected chi connectivity index (χ3v) is 3.56. The van der Waals surface area contributed by atoms with Gasteiger partial charge in [-0.3, -0.25) is 0 Å². The van der Waals surface area contributed by atoms with Crippen LogP contribution in [0.25, 0.3) is 0 Å². The molecular weight excluding hydrogens is 272 g/mol. The van der Waals surface area contributed by atoms with Crippen molar-refractivity contribution in [2.75, 3.05) is 5.32 Å². The van der Waals surface area contributed by atoms with Crippen molar-refractivity contribution in [3.8, 4) is 0 Å². The minimum atomic E-state index is -4.78. The third-order valence-electron chi connectivity index (χ3n) is 1.52. The molecule has 0 aliphatic carbocycles. The van der Waals surface area contributed by atoms with E-state index in [1.54, 1.807) is 0 Å². The molecular formula is C8H10AsNNaO4+. The largest absolute Gasteiger partial charge is 1.00 e. The van der Waals surface area contributed by atoms with E-state index in [-0.39, 0.29) is 39.8 Å². The Morgan fingerprint density at radius 2 is 1.73 bits per heavy atom. The molecule has 5 nitrogen and oxygen atoms in total. The predicted molar refractivity (Wildman–Crippen MR) is 51.3 cm³/mol. The van der Waals surface area contributed by atoms with Crippen LogP contribution in [-0.4, -0.2) is 28.3 Å². The van der Waals surface area contributed by atoms with Crippen molar-refractivity contribution in [1.82, 2.24) is 0 Å². The summed E-state index contributed by atoms with van der Waals surface area (Å²) in [7, 11) is 0. The Balaban J connectivity index is 0.00000196. The van der Waals surface area contributed by atoms with Crippen LogP contribution in [0.4, 0.5) is 5.69 Å². The summed E-state index contributed by atoms with van der Waals surface area (Å²) in [6.45, 7) is 1.36. The SMILES string of the molecule is CC(=O)Nc1ccc([As](=O)(O)O)cc1.[Na+]. The Hall–Kier alpha value is -0.0316. The van der Waals surface area contributed by atoms with Gasteiger partial charge in [0.05, 0.1) is 0 Å². The molecule has 0 aromatic heterocycles. The average molecular weight is 282 g/mol. The van der Waals surface area contributed by atoms with E-state index in [9.17, 15) is 8.53 Å². The molecule has 1 amide bonds. The van der Waals surface area contributed by atoms with Gasteiger partial charge in [-0.15, -0.1) is 0 Å². The van der Waals surface area contributed by atoms with Gasteiger partial charge in [0.1, 0.15) is 0 Å². The van der Waals surface area contributed by atoms with Crippen LogP contribution in [0.1, 0.15) is 6.92 Å². The second-order valence-corrected chi connectivity index (χ2v) is 6.14. The van der Waals surface area contributed by atoms with Crippen LogP contribution >= 0.6 is 0 Å². The molecule has 0 saturated heterocycles. The maximum atomic E-state index is 10.8. The summed E-state index contributed by atoms with van der Waals surface area (Å²) in [4.78, 5) is 10.6. The summed E-state index contributed by atoms with van der Waals surface area (Å²) < 4.78 is 28.5. The summed E-state index contributed by atoms with van der Waals surface area (Å²) in [6, 6.07) is 5.53. The molecule has 0 heterocycles. The number of anilines is 1. The van der Waals surface area contributed by atoms with Crippen LogP contribution in [-0.2, 0) is 8.53 Å². The minimum absolute atomic E-state index is 0. The van der Waals surface area contributed by atoms with E-state index in [1.807, 2.05) is 0 Å². The summed E-state index contributed by atoms with van der Waals surface area (Å²) in [5.74, 6) is -0.223. The molecule has 0 spiro atoms. The van der Waals surface area contributed by atoms with Gasteiger partial charge in [0.25, 0.3) is 0 Å². The van der Waals surface area contributed by atoms with Crippen molar-refractivity contribution in [2.45, 2.75) is 6.92 Å². The molecule has 3 N–H and O–H groups in total. The van der Waals surface area contributed by atoms with Crippen molar-refractivity contribution in [3.63, 3.8) is 0 Å². The van der Waals surface area contributed by atoms with Crippen LogP contribution in [0, 0.1) is 0 Å². The summed E-state index contributed by atoms with van der Waals surface area (Å²) in [6.07, 6.45) is 0. The first kappa shape index (κ1) is 15.0. The molecule has 0 atom stereocenters. The van der Waals surface area contributed by atoms with Crippen LogP contribution in [0.15, 0.2) is 24.3 Å². The zero-order valence-electron chi connectivity index (χ0n) is 8.47. The first-order chi connectivity index (χ1) is 6.39. The minimum Gasteiger partial charge on any atom is 1.00 e. The second-order valence-electron chi connectivity index (χ2n) is 2.77. The van der Waals surface area contributed by atoms with Gasteiger partial charge in [-0.25, -0.2) is 0 Å². The van der Waals surface area contributed by atoms with Gasteiger partial charge in [0, 0.05) is 0 Å². The van der Waals surface area contributed by atoms with E-state index in [1.165, 1.54) is 31.2 Å². The fraction of sp³-hybridized carbons (Fsp3) is 0.125. The van der Waals surface area contributed by atoms with Gasteiger partial charge >= 0.3 is 113 Å². The molecule has 1 aromatic carbocycles. The number of rotatable bonds is 2. The van der Waals surface area contributed by atoms with Crippen LogP contribution in [0.5, 0.6) is 0 Å². The van der Waals surface area contributed by atoms with Gasteiger partial charge in [-0.2, -0.15) is 0 Å². The average Bonchev–Trinajstić information content (AvgIpc) is 2.02. The smallest absolute Gasteiger partial charge is 1.00 e.